The van der Waals surface area contributed by atoms with Gasteiger partial charge in [0.05, 0.1) is 17.8 Å². The molecule has 1 atom stereocenters. The monoisotopic (exact) mass is 416 g/mol. The van der Waals surface area contributed by atoms with Crippen molar-refractivity contribution in [2.24, 2.45) is 11.7 Å². The van der Waals surface area contributed by atoms with Crippen LogP contribution in [0.5, 0.6) is 11.5 Å². The van der Waals surface area contributed by atoms with E-state index in [9.17, 15) is 9.59 Å². The standard InChI is InChI=1S/C24H24N4O3/c25-23(29)18-7-5-13-28(16-18)22-12-11-19(15-26-22)27-24(30)17-6-4-10-21(14-17)31-20-8-2-1-3-9-20/h1-4,6,8-12,14-15,18H,5,7,13,16H2,(H2,25,29)(H,27,30). The molecule has 2 aromatic carbocycles. The molecule has 0 saturated carbocycles. The normalized spacial score (nSPS) is 15.9. The minimum absolute atomic E-state index is 0.152. The maximum atomic E-state index is 12.7. The summed E-state index contributed by atoms with van der Waals surface area (Å²) < 4.78 is 5.80. The lowest BCUT2D eigenvalue weighted by atomic mass is 9.97. The summed E-state index contributed by atoms with van der Waals surface area (Å²) in [5.41, 5.74) is 6.53. The number of carbonyl (C=O) groups is 2. The van der Waals surface area contributed by atoms with Crippen LogP contribution in [0.15, 0.2) is 72.9 Å². The Hall–Kier alpha value is -3.87. The number of amides is 2. The fourth-order valence-electron chi connectivity index (χ4n) is 3.59. The molecule has 3 N–H and O–H groups in total. The molecular weight excluding hydrogens is 392 g/mol. The number of benzene rings is 2. The number of nitrogens with zero attached hydrogens (tertiary/aromatic N) is 2. The number of ether oxygens (including phenoxy) is 1. The van der Waals surface area contributed by atoms with Crippen molar-refractivity contribution in [2.45, 2.75) is 12.8 Å². The maximum absolute atomic E-state index is 12.7. The van der Waals surface area contributed by atoms with Gasteiger partial charge in [0, 0.05) is 18.7 Å². The predicted octanol–water partition coefficient (Wildman–Crippen LogP) is 3.83. The minimum Gasteiger partial charge on any atom is -0.457 e. The van der Waals surface area contributed by atoms with E-state index in [-0.39, 0.29) is 17.7 Å². The van der Waals surface area contributed by atoms with E-state index in [1.54, 1.807) is 36.5 Å². The first-order valence-corrected chi connectivity index (χ1v) is 10.2. The Bertz CT molecular complexity index is 1050. The van der Waals surface area contributed by atoms with Crippen molar-refractivity contribution in [1.29, 1.82) is 0 Å². The second kappa shape index (κ2) is 9.30. The van der Waals surface area contributed by atoms with Crippen LogP contribution in [-0.4, -0.2) is 29.9 Å². The molecule has 2 heterocycles. The molecule has 1 aliphatic heterocycles. The Balaban J connectivity index is 1.40. The van der Waals surface area contributed by atoms with Gasteiger partial charge >= 0.3 is 0 Å². The molecule has 1 saturated heterocycles. The van der Waals surface area contributed by atoms with Crippen molar-refractivity contribution in [3.05, 3.63) is 78.5 Å². The lowest BCUT2D eigenvalue weighted by molar-refractivity contribution is -0.122. The van der Waals surface area contributed by atoms with Gasteiger partial charge in [-0.15, -0.1) is 0 Å². The number of rotatable bonds is 6. The molecule has 3 aromatic rings. The highest BCUT2D eigenvalue weighted by molar-refractivity contribution is 6.04. The highest BCUT2D eigenvalue weighted by atomic mass is 16.5. The Morgan fingerprint density at radius 1 is 1.03 bits per heavy atom. The van der Waals surface area contributed by atoms with Crippen LogP contribution in [-0.2, 0) is 4.79 Å². The first-order valence-electron chi connectivity index (χ1n) is 10.2. The van der Waals surface area contributed by atoms with Gasteiger partial charge in [-0.3, -0.25) is 9.59 Å². The summed E-state index contributed by atoms with van der Waals surface area (Å²) in [6, 6.07) is 20.1. The first kappa shape index (κ1) is 20.4. The fraction of sp³-hybridized carbons (Fsp3) is 0.208. The van der Waals surface area contributed by atoms with Gasteiger partial charge in [0.2, 0.25) is 5.91 Å². The molecule has 0 aliphatic carbocycles. The zero-order chi connectivity index (χ0) is 21.6. The van der Waals surface area contributed by atoms with E-state index in [1.165, 1.54) is 0 Å². The molecule has 31 heavy (non-hydrogen) atoms. The minimum atomic E-state index is -0.271. The predicted molar refractivity (Wildman–Crippen MR) is 119 cm³/mol. The average molecular weight is 416 g/mol. The third-order valence-corrected chi connectivity index (χ3v) is 5.23. The molecule has 1 fully saturated rings. The van der Waals surface area contributed by atoms with E-state index in [1.807, 2.05) is 36.4 Å². The lowest BCUT2D eigenvalue weighted by Gasteiger charge is -2.32. The molecule has 4 rings (SSSR count). The van der Waals surface area contributed by atoms with Gasteiger partial charge in [0.1, 0.15) is 17.3 Å². The third-order valence-electron chi connectivity index (χ3n) is 5.23. The van der Waals surface area contributed by atoms with Gasteiger partial charge in [0.15, 0.2) is 0 Å². The number of primary amides is 1. The van der Waals surface area contributed by atoms with Crippen molar-refractivity contribution in [1.82, 2.24) is 4.98 Å². The van der Waals surface area contributed by atoms with Crippen molar-refractivity contribution in [3.8, 4) is 11.5 Å². The largest absolute Gasteiger partial charge is 0.457 e. The summed E-state index contributed by atoms with van der Waals surface area (Å²) in [7, 11) is 0. The second-order valence-electron chi connectivity index (χ2n) is 7.49. The number of nitrogens with one attached hydrogen (secondary N) is 1. The zero-order valence-electron chi connectivity index (χ0n) is 17.0. The molecule has 7 nitrogen and oxygen atoms in total. The van der Waals surface area contributed by atoms with Crippen LogP contribution < -0.4 is 20.7 Å². The molecule has 2 amide bonds. The summed E-state index contributed by atoms with van der Waals surface area (Å²) in [4.78, 5) is 30.7. The number of piperidine rings is 1. The lowest BCUT2D eigenvalue weighted by Crippen LogP contribution is -2.41. The van der Waals surface area contributed by atoms with Crippen LogP contribution in [0.25, 0.3) is 0 Å². The maximum Gasteiger partial charge on any atom is 0.255 e. The molecule has 1 unspecified atom stereocenters. The molecule has 1 aliphatic rings. The molecule has 7 heteroatoms. The van der Waals surface area contributed by atoms with E-state index in [4.69, 9.17) is 10.5 Å². The van der Waals surface area contributed by atoms with Crippen molar-refractivity contribution in [2.75, 3.05) is 23.3 Å². The summed E-state index contributed by atoms with van der Waals surface area (Å²) in [5.74, 6) is 1.38. The SMILES string of the molecule is NC(=O)C1CCCN(c2ccc(NC(=O)c3cccc(Oc4ccccc4)c3)cn2)C1. The van der Waals surface area contributed by atoms with Gasteiger partial charge < -0.3 is 20.7 Å². The van der Waals surface area contributed by atoms with Crippen LogP contribution in [0.4, 0.5) is 11.5 Å². The van der Waals surface area contributed by atoms with Crippen LogP contribution in [0.1, 0.15) is 23.2 Å². The van der Waals surface area contributed by atoms with Crippen molar-refractivity contribution in [3.63, 3.8) is 0 Å². The molecule has 0 bridgehead atoms. The van der Waals surface area contributed by atoms with Gasteiger partial charge in [0.25, 0.3) is 5.91 Å². The van der Waals surface area contributed by atoms with Crippen LogP contribution in [0.3, 0.4) is 0 Å². The number of para-hydroxylation sites is 1. The quantitative estimate of drug-likeness (QED) is 0.637. The van der Waals surface area contributed by atoms with E-state index >= 15 is 0 Å². The Morgan fingerprint density at radius 2 is 1.84 bits per heavy atom. The number of carbonyl (C=O) groups excluding carboxylic acids is 2. The van der Waals surface area contributed by atoms with E-state index < -0.39 is 0 Å². The number of pyridine rings is 1. The number of anilines is 2. The summed E-state index contributed by atoms with van der Waals surface area (Å²) >= 11 is 0. The van der Waals surface area contributed by atoms with Crippen LogP contribution >= 0.6 is 0 Å². The highest BCUT2D eigenvalue weighted by Crippen LogP contribution is 2.24. The van der Waals surface area contributed by atoms with Crippen molar-refractivity contribution < 1.29 is 14.3 Å². The first-order chi connectivity index (χ1) is 15.1. The molecule has 158 valence electrons. The summed E-state index contributed by atoms with van der Waals surface area (Å²) in [6.45, 7) is 1.40. The molecule has 1 aromatic heterocycles. The van der Waals surface area contributed by atoms with Crippen LogP contribution in [0, 0.1) is 5.92 Å². The zero-order valence-corrected chi connectivity index (χ0v) is 17.0. The van der Waals surface area contributed by atoms with Crippen molar-refractivity contribution >= 4 is 23.3 Å². The van der Waals surface area contributed by atoms with Gasteiger partial charge in [-0.2, -0.15) is 0 Å². The Labute approximate surface area is 180 Å². The van der Waals surface area contributed by atoms with Gasteiger partial charge in [-0.05, 0) is 55.3 Å². The van der Waals surface area contributed by atoms with Gasteiger partial charge in [-0.25, -0.2) is 4.98 Å². The molecule has 0 radical (unpaired) electrons. The number of hydrogen-bond acceptors (Lipinski definition) is 5. The Morgan fingerprint density at radius 3 is 2.58 bits per heavy atom. The Kier molecular flexibility index (Phi) is 6.12. The summed E-state index contributed by atoms with van der Waals surface area (Å²) in [5, 5.41) is 2.86. The van der Waals surface area contributed by atoms with E-state index in [0.29, 0.717) is 29.3 Å². The average Bonchev–Trinajstić information content (AvgIpc) is 2.80. The second-order valence-corrected chi connectivity index (χ2v) is 7.49. The van der Waals surface area contributed by atoms with E-state index in [0.717, 1.165) is 25.2 Å². The van der Waals surface area contributed by atoms with Crippen LogP contribution in [0.2, 0.25) is 0 Å². The highest BCUT2D eigenvalue weighted by Gasteiger charge is 2.24. The number of nitrogens with two attached hydrogens (primary N) is 1. The number of hydrogen-bond donors (Lipinski definition) is 2. The van der Waals surface area contributed by atoms with Gasteiger partial charge in [-0.1, -0.05) is 24.3 Å². The fourth-order valence-corrected chi connectivity index (χ4v) is 3.59. The molecule has 0 spiro atoms. The molecular formula is C24H24N4O3. The smallest absolute Gasteiger partial charge is 0.255 e. The topological polar surface area (TPSA) is 97.6 Å². The summed E-state index contributed by atoms with van der Waals surface area (Å²) in [6.07, 6.45) is 3.33. The number of aromatic nitrogens is 1. The van der Waals surface area contributed by atoms with E-state index in [2.05, 4.69) is 15.2 Å². The third kappa shape index (κ3) is 5.19.